The van der Waals surface area contributed by atoms with Crippen LogP contribution in [0.4, 0.5) is 5.82 Å². The Morgan fingerprint density at radius 3 is 2.43 bits per heavy atom. The number of benzene rings is 1. The summed E-state index contributed by atoms with van der Waals surface area (Å²) < 4.78 is 4.69. The second-order valence-corrected chi connectivity index (χ2v) is 4.65. The van der Waals surface area contributed by atoms with Crippen molar-refractivity contribution in [2.75, 3.05) is 12.4 Å². The average Bonchev–Trinajstić information content (AvgIpc) is 2.52. The third-order valence-corrected chi connectivity index (χ3v) is 3.17. The van der Waals surface area contributed by atoms with Gasteiger partial charge < -0.3 is 15.2 Å². The number of ether oxygens (including phenoxy) is 1. The van der Waals surface area contributed by atoms with Gasteiger partial charge in [0.05, 0.1) is 25.0 Å². The topological polar surface area (TPSA) is 71.5 Å². The first-order valence-corrected chi connectivity index (χ1v) is 6.62. The van der Waals surface area contributed by atoms with E-state index in [1.807, 2.05) is 24.3 Å². The Hall–Kier alpha value is -2.40. The Bertz CT molecular complexity index is 624. The Morgan fingerprint density at radius 2 is 1.86 bits per heavy atom. The van der Waals surface area contributed by atoms with Crippen LogP contribution in [0.15, 0.2) is 36.4 Å². The number of rotatable bonds is 5. The maximum Gasteiger partial charge on any atom is 0.339 e. The quantitative estimate of drug-likeness (QED) is 0.825. The highest BCUT2D eigenvalue weighted by atomic mass is 16.5. The van der Waals surface area contributed by atoms with Crippen molar-refractivity contribution in [2.24, 2.45) is 0 Å². The second-order valence-electron chi connectivity index (χ2n) is 4.65. The minimum absolute atomic E-state index is 0.0451. The van der Waals surface area contributed by atoms with Gasteiger partial charge in [0, 0.05) is 6.54 Å². The summed E-state index contributed by atoms with van der Waals surface area (Å²) in [5, 5.41) is 12.2. The molecule has 0 saturated carbocycles. The highest BCUT2D eigenvalue weighted by Gasteiger charge is 2.10. The molecule has 0 saturated heterocycles. The van der Waals surface area contributed by atoms with E-state index >= 15 is 0 Å². The van der Waals surface area contributed by atoms with Gasteiger partial charge >= 0.3 is 5.97 Å². The molecule has 0 spiro atoms. The van der Waals surface area contributed by atoms with Gasteiger partial charge in [0.15, 0.2) is 0 Å². The van der Waals surface area contributed by atoms with Gasteiger partial charge in [0.25, 0.3) is 0 Å². The van der Waals surface area contributed by atoms with Crippen LogP contribution in [0.1, 0.15) is 27.2 Å². The Balaban J connectivity index is 2.03. The molecule has 5 heteroatoms. The van der Waals surface area contributed by atoms with Crippen LogP contribution in [-0.2, 0) is 17.9 Å². The lowest BCUT2D eigenvalue weighted by Crippen LogP contribution is -2.08. The van der Waals surface area contributed by atoms with Crippen LogP contribution in [-0.4, -0.2) is 23.2 Å². The number of pyridine rings is 1. The van der Waals surface area contributed by atoms with Gasteiger partial charge in [-0.15, -0.1) is 0 Å². The third-order valence-electron chi connectivity index (χ3n) is 3.17. The van der Waals surface area contributed by atoms with Gasteiger partial charge in [-0.3, -0.25) is 0 Å². The molecule has 1 aromatic heterocycles. The third kappa shape index (κ3) is 3.79. The van der Waals surface area contributed by atoms with Crippen LogP contribution in [0.5, 0.6) is 0 Å². The van der Waals surface area contributed by atoms with Crippen molar-refractivity contribution in [1.29, 1.82) is 0 Å². The smallest absolute Gasteiger partial charge is 0.339 e. The molecule has 110 valence electrons. The molecule has 21 heavy (non-hydrogen) atoms. The highest BCUT2D eigenvalue weighted by molar-refractivity contribution is 5.90. The summed E-state index contributed by atoms with van der Waals surface area (Å²) in [6.45, 7) is 2.44. The number of aryl methyl sites for hydroxylation is 1. The SMILES string of the molecule is COC(=O)c1ccc(NCc2ccc(CO)cc2)nc1C. The number of hydrogen-bond acceptors (Lipinski definition) is 5. The predicted octanol–water partition coefficient (Wildman–Crippen LogP) is 2.28. The molecule has 5 nitrogen and oxygen atoms in total. The number of carbonyl (C=O) groups excluding carboxylic acids is 1. The number of hydrogen-bond donors (Lipinski definition) is 2. The van der Waals surface area contributed by atoms with E-state index < -0.39 is 0 Å². The van der Waals surface area contributed by atoms with Crippen LogP contribution >= 0.6 is 0 Å². The van der Waals surface area contributed by atoms with Crippen molar-refractivity contribution >= 4 is 11.8 Å². The fourth-order valence-corrected chi connectivity index (χ4v) is 1.94. The lowest BCUT2D eigenvalue weighted by molar-refractivity contribution is 0.0599. The normalized spacial score (nSPS) is 10.2. The van der Waals surface area contributed by atoms with Crippen LogP contribution in [0.25, 0.3) is 0 Å². The molecule has 1 heterocycles. The van der Waals surface area contributed by atoms with Crippen molar-refractivity contribution in [2.45, 2.75) is 20.1 Å². The maximum atomic E-state index is 11.5. The summed E-state index contributed by atoms with van der Waals surface area (Å²) >= 11 is 0. The fraction of sp³-hybridized carbons (Fsp3) is 0.250. The zero-order valence-electron chi connectivity index (χ0n) is 12.1. The van der Waals surface area contributed by atoms with E-state index in [4.69, 9.17) is 5.11 Å². The summed E-state index contributed by atoms with van der Waals surface area (Å²) in [5.41, 5.74) is 3.07. The molecule has 0 amide bonds. The van der Waals surface area contributed by atoms with Crippen molar-refractivity contribution in [1.82, 2.24) is 4.98 Å². The lowest BCUT2D eigenvalue weighted by atomic mass is 10.1. The largest absolute Gasteiger partial charge is 0.465 e. The molecule has 0 unspecified atom stereocenters. The number of anilines is 1. The first-order valence-electron chi connectivity index (χ1n) is 6.62. The lowest BCUT2D eigenvalue weighted by Gasteiger charge is -2.09. The zero-order valence-corrected chi connectivity index (χ0v) is 12.1. The Labute approximate surface area is 123 Å². The monoisotopic (exact) mass is 286 g/mol. The van der Waals surface area contributed by atoms with Gasteiger partial charge in [-0.05, 0) is 30.2 Å². The number of nitrogens with zero attached hydrogens (tertiary/aromatic N) is 1. The summed E-state index contributed by atoms with van der Waals surface area (Å²) in [4.78, 5) is 15.8. The van der Waals surface area contributed by atoms with Crippen molar-refractivity contribution < 1.29 is 14.6 Å². The van der Waals surface area contributed by atoms with Gasteiger partial charge in [0.1, 0.15) is 5.82 Å². The second kappa shape index (κ2) is 6.85. The summed E-state index contributed by atoms with van der Waals surface area (Å²) in [6.07, 6.45) is 0. The fourth-order valence-electron chi connectivity index (χ4n) is 1.94. The van der Waals surface area contributed by atoms with Gasteiger partial charge in [-0.2, -0.15) is 0 Å². The number of aromatic nitrogens is 1. The van der Waals surface area contributed by atoms with E-state index in [1.165, 1.54) is 7.11 Å². The van der Waals surface area contributed by atoms with Gasteiger partial charge in [-0.25, -0.2) is 9.78 Å². The first-order chi connectivity index (χ1) is 10.1. The molecule has 0 fully saturated rings. The summed E-state index contributed by atoms with van der Waals surface area (Å²) in [6, 6.07) is 11.1. The first kappa shape index (κ1) is 15.0. The molecule has 0 atom stereocenters. The number of nitrogens with one attached hydrogen (secondary N) is 1. The molecule has 1 aromatic carbocycles. The van der Waals surface area contributed by atoms with Gasteiger partial charge in [0.2, 0.25) is 0 Å². The van der Waals surface area contributed by atoms with E-state index in [0.717, 1.165) is 11.1 Å². The van der Waals surface area contributed by atoms with Crippen molar-refractivity contribution in [3.8, 4) is 0 Å². The molecule has 2 aromatic rings. The molecule has 0 bridgehead atoms. The number of carbonyl (C=O) groups is 1. The van der Waals surface area contributed by atoms with E-state index in [1.54, 1.807) is 19.1 Å². The molecule has 2 rings (SSSR count). The van der Waals surface area contributed by atoms with E-state index in [2.05, 4.69) is 15.0 Å². The number of aliphatic hydroxyl groups excluding tert-OH is 1. The van der Waals surface area contributed by atoms with Crippen molar-refractivity contribution in [3.63, 3.8) is 0 Å². The minimum atomic E-state index is -0.383. The number of methoxy groups -OCH3 is 1. The molecule has 0 aliphatic rings. The van der Waals surface area contributed by atoms with Crippen LogP contribution in [0.3, 0.4) is 0 Å². The Morgan fingerprint density at radius 1 is 1.19 bits per heavy atom. The minimum Gasteiger partial charge on any atom is -0.465 e. The summed E-state index contributed by atoms with van der Waals surface area (Å²) in [5.74, 6) is 0.317. The van der Waals surface area contributed by atoms with Crippen LogP contribution < -0.4 is 5.32 Å². The molecule has 0 aliphatic carbocycles. The molecule has 0 radical (unpaired) electrons. The number of aliphatic hydroxyl groups is 1. The van der Waals surface area contributed by atoms with Crippen LogP contribution in [0, 0.1) is 6.92 Å². The average molecular weight is 286 g/mol. The Kier molecular flexibility index (Phi) is 4.90. The number of esters is 1. The van der Waals surface area contributed by atoms with E-state index in [9.17, 15) is 4.79 Å². The van der Waals surface area contributed by atoms with E-state index in [-0.39, 0.29) is 12.6 Å². The molecular formula is C16H18N2O3. The van der Waals surface area contributed by atoms with Gasteiger partial charge in [-0.1, -0.05) is 24.3 Å². The zero-order chi connectivity index (χ0) is 15.2. The summed E-state index contributed by atoms with van der Waals surface area (Å²) in [7, 11) is 1.35. The predicted molar refractivity (Wildman–Crippen MR) is 80.0 cm³/mol. The maximum absolute atomic E-state index is 11.5. The molecule has 2 N–H and O–H groups in total. The highest BCUT2D eigenvalue weighted by Crippen LogP contribution is 2.13. The molecule has 0 aliphatic heterocycles. The van der Waals surface area contributed by atoms with E-state index in [0.29, 0.717) is 23.6 Å². The molecular weight excluding hydrogens is 268 g/mol. The standard InChI is InChI=1S/C16H18N2O3/c1-11-14(16(20)21-2)7-8-15(18-11)17-9-12-3-5-13(10-19)6-4-12/h3-8,19H,9-10H2,1-2H3,(H,17,18). The van der Waals surface area contributed by atoms with Crippen LogP contribution in [0.2, 0.25) is 0 Å². The van der Waals surface area contributed by atoms with Crippen molar-refractivity contribution in [3.05, 3.63) is 58.8 Å².